The van der Waals surface area contributed by atoms with E-state index in [9.17, 15) is 0 Å². The highest BCUT2D eigenvalue weighted by molar-refractivity contribution is 5.79. The van der Waals surface area contributed by atoms with Gasteiger partial charge in [-0.1, -0.05) is 29.8 Å². The molecule has 0 bridgehead atoms. The first-order chi connectivity index (χ1) is 6.84. The summed E-state index contributed by atoms with van der Waals surface area (Å²) in [4.78, 5) is 0. The van der Waals surface area contributed by atoms with Gasteiger partial charge in [0.25, 0.3) is 0 Å². The van der Waals surface area contributed by atoms with Crippen LogP contribution < -0.4 is 0 Å². The van der Waals surface area contributed by atoms with Gasteiger partial charge in [0.2, 0.25) is 0 Å². The van der Waals surface area contributed by atoms with Crippen LogP contribution in [-0.4, -0.2) is 21.1 Å². The fourth-order valence-electron chi connectivity index (χ4n) is 1.04. The van der Waals surface area contributed by atoms with Gasteiger partial charge in [0.15, 0.2) is 0 Å². The third-order valence-electron chi connectivity index (χ3n) is 1.82. The predicted octanol–water partition coefficient (Wildman–Crippen LogP) is 1.47. The van der Waals surface area contributed by atoms with Crippen molar-refractivity contribution in [1.82, 2.24) is 14.9 Å². The van der Waals surface area contributed by atoms with Crippen molar-refractivity contribution >= 4 is 6.21 Å². The molecule has 1 heterocycles. The van der Waals surface area contributed by atoms with Crippen LogP contribution in [0, 0.1) is 6.92 Å². The van der Waals surface area contributed by atoms with Gasteiger partial charge >= 0.3 is 0 Å². The number of nitrogens with zero attached hydrogens (tertiary/aromatic N) is 4. The fourth-order valence-corrected chi connectivity index (χ4v) is 1.04. The van der Waals surface area contributed by atoms with Crippen LogP contribution in [0.5, 0.6) is 0 Å². The molecule has 70 valence electrons. The molecule has 0 fully saturated rings. The lowest BCUT2D eigenvalue weighted by molar-refractivity contribution is 0.878. The number of hydrogen-bond donors (Lipinski definition) is 0. The van der Waals surface area contributed by atoms with Gasteiger partial charge in [-0.15, -0.1) is 10.2 Å². The zero-order valence-electron chi connectivity index (χ0n) is 7.83. The first-order valence-corrected chi connectivity index (χ1v) is 4.30. The zero-order chi connectivity index (χ0) is 9.80. The molecule has 0 aliphatic heterocycles. The van der Waals surface area contributed by atoms with Gasteiger partial charge in [-0.2, -0.15) is 5.10 Å². The van der Waals surface area contributed by atoms with Crippen LogP contribution in [0.3, 0.4) is 0 Å². The molecule has 4 heteroatoms. The second-order valence-corrected chi connectivity index (χ2v) is 3.00. The van der Waals surface area contributed by atoms with Crippen LogP contribution >= 0.6 is 0 Å². The number of rotatable bonds is 2. The smallest absolute Gasteiger partial charge is 0.141 e. The van der Waals surface area contributed by atoms with E-state index < -0.39 is 0 Å². The molecular weight excluding hydrogens is 176 g/mol. The van der Waals surface area contributed by atoms with E-state index >= 15 is 0 Å². The molecular formula is C10H10N4. The summed E-state index contributed by atoms with van der Waals surface area (Å²) in [6.07, 6.45) is 4.86. The van der Waals surface area contributed by atoms with Crippen molar-refractivity contribution in [3.05, 3.63) is 48.0 Å². The largest absolute Gasteiger partial charge is 0.208 e. The number of aromatic nitrogens is 3. The van der Waals surface area contributed by atoms with Gasteiger partial charge in [0.1, 0.15) is 12.7 Å². The zero-order valence-corrected chi connectivity index (χ0v) is 7.83. The summed E-state index contributed by atoms with van der Waals surface area (Å²) in [7, 11) is 0. The van der Waals surface area contributed by atoms with Gasteiger partial charge in [0, 0.05) is 0 Å². The highest BCUT2D eigenvalue weighted by Crippen LogP contribution is 2.00. The molecule has 0 saturated carbocycles. The van der Waals surface area contributed by atoms with E-state index in [0.717, 1.165) is 5.56 Å². The van der Waals surface area contributed by atoms with Crippen molar-refractivity contribution in [3.63, 3.8) is 0 Å². The van der Waals surface area contributed by atoms with Crippen molar-refractivity contribution in [2.45, 2.75) is 6.92 Å². The van der Waals surface area contributed by atoms with Gasteiger partial charge in [-0.3, -0.25) is 0 Å². The maximum atomic E-state index is 4.13. The molecule has 0 saturated heterocycles. The molecule has 0 aliphatic carbocycles. The van der Waals surface area contributed by atoms with E-state index in [2.05, 4.69) is 22.2 Å². The van der Waals surface area contributed by atoms with Crippen LogP contribution in [-0.2, 0) is 0 Å². The summed E-state index contributed by atoms with van der Waals surface area (Å²) < 4.78 is 1.56. The third kappa shape index (κ3) is 2.04. The molecule has 0 N–H and O–H groups in total. The molecule has 0 radical (unpaired) electrons. The average molecular weight is 186 g/mol. The molecule has 0 spiro atoms. The Bertz CT molecular complexity index is 414. The second-order valence-electron chi connectivity index (χ2n) is 3.00. The number of aryl methyl sites for hydroxylation is 1. The van der Waals surface area contributed by atoms with Gasteiger partial charge in [-0.25, -0.2) is 4.68 Å². The van der Waals surface area contributed by atoms with Crippen LogP contribution in [0.25, 0.3) is 0 Å². The number of hydrogen-bond acceptors (Lipinski definition) is 3. The van der Waals surface area contributed by atoms with E-state index in [1.165, 1.54) is 5.56 Å². The van der Waals surface area contributed by atoms with Crippen LogP contribution in [0.2, 0.25) is 0 Å². The summed E-state index contributed by atoms with van der Waals surface area (Å²) >= 11 is 0. The van der Waals surface area contributed by atoms with E-state index in [4.69, 9.17) is 0 Å². The molecule has 0 unspecified atom stereocenters. The molecule has 1 aromatic carbocycles. The Morgan fingerprint density at radius 2 is 1.79 bits per heavy atom. The van der Waals surface area contributed by atoms with Gasteiger partial charge < -0.3 is 0 Å². The van der Waals surface area contributed by atoms with E-state index in [1.807, 2.05) is 24.3 Å². The van der Waals surface area contributed by atoms with Crippen molar-refractivity contribution in [2.75, 3.05) is 0 Å². The third-order valence-corrected chi connectivity index (χ3v) is 1.82. The first-order valence-electron chi connectivity index (χ1n) is 4.30. The lowest BCUT2D eigenvalue weighted by atomic mass is 10.2. The highest BCUT2D eigenvalue weighted by atomic mass is 15.4. The molecule has 1 aromatic heterocycles. The maximum Gasteiger partial charge on any atom is 0.141 e. The molecule has 0 atom stereocenters. The van der Waals surface area contributed by atoms with Crippen LogP contribution in [0.15, 0.2) is 42.0 Å². The van der Waals surface area contributed by atoms with Gasteiger partial charge in [0.05, 0.1) is 6.21 Å². The molecule has 4 nitrogen and oxygen atoms in total. The lowest BCUT2D eigenvalue weighted by Crippen LogP contribution is -1.87. The van der Waals surface area contributed by atoms with Gasteiger partial charge in [-0.05, 0) is 12.5 Å². The lowest BCUT2D eigenvalue weighted by Gasteiger charge is -1.93. The average Bonchev–Trinajstić information content (AvgIpc) is 2.70. The SMILES string of the molecule is Cc1ccc(/C=N\n2cnnc2)cc1. The van der Waals surface area contributed by atoms with Crippen molar-refractivity contribution in [1.29, 1.82) is 0 Å². The Balaban J connectivity index is 2.15. The van der Waals surface area contributed by atoms with Crippen LogP contribution in [0.1, 0.15) is 11.1 Å². The quantitative estimate of drug-likeness (QED) is 0.666. The highest BCUT2D eigenvalue weighted by Gasteiger charge is 1.87. The molecule has 14 heavy (non-hydrogen) atoms. The normalized spacial score (nSPS) is 10.9. The Labute approximate surface area is 81.9 Å². The molecule has 2 aromatic rings. The molecule has 0 amide bonds. The summed E-state index contributed by atoms with van der Waals surface area (Å²) in [5.74, 6) is 0. The van der Waals surface area contributed by atoms with E-state index in [1.54, 1.807) is 23.5 Å². The predicted molar refractivity (Wildman–Crippen MR) is 54.2 cm³/mol. The Morgan fingerprint density at radius 3 is 2.43 bits per heavy atom. The Hall–Kier alpha value is -1.97. The first kappa shape index (κ1) is 8.62. The standard InChI is InChI=1S/C10H10N4/c1-9-2-4-10(5-3-9)6-13-14-7-11-12-8-14/h2-8H,1H3/b13-6-. The molecule has 0 aliphatic rings. The monoisotopic (exact) mass is 186 g/mol. The van der Waals surface area contributed by atoms with E-state index in [0.29, 0.717) is 0 Å². The van der Waals surface area contributed by atoms with Crippen LogP contribution in [0.4, 0.5) is 0 Å². The minimum Gasteiger partial charge on any atom is -0.208 e. The summed E-state index contributed by atoms with van der Waals surface area (Å²) in [6, 6.07) is 8.13. The second kappa shape index (κ2) is 3.83. The van der Waals surface area contributed by atoms with Crippen molar-refractivity contribution in [2.24, 2.45) is 5.10 Å². The van der Waals surface area contributed by atoms with E-state index in [-0.39, 0.29) is 0 Å². The molecule has 2 rings (SSSR count). The summed E-state index contributed by atoms with van der Waals surface area (Å²) in [5, 5.41) is 11.4. The maximum absolute atomic E-state index is 4.13. The van der Waals surface area contributed by atoms with Crippen molar-refractivity contribution < 1.29 is 0 Å². The minimum absolute atomic E-state index is 1.06. The fraction of sp³-hybridized carbons (Fsp3) is 0.100. The Kier molecular flexibility index (Phi) is 2.36. The minimum atomic E-state index is 1.06. The number of benzene rings is 1. The topological polar surface area (TPSA) is 43.1 Å². The van der Waals surface area contributed by atoms with Crippen molar-refractivity contribution in [3.8, 4) is 0 Å². The summed E-state index contributed by atoms with van der Waals surface area (Å²) in [6.45, 7) is 2.06. The summed E-state index contributed by atoms with van der Waals surface area (Å²) in [5.41, 5.74) is 2.30. The Morgan fingerprint density at radius 1 is 1.14 bits per heavy atom.